The summed E-state index contributed by atoms with van der Waals surface area (Å²) in [6.07, 6.45) is 2.11. The Hall–Kier alpha value is -2.08. The highest BCUT2D eigenvalue weighted by Crippen LogP contribution is 2.27. The summed E-state index contributed by atoms with van der Waals surface area (Å²) in [7, 11) is 0. The molecular formula is C12H12N2O4. The first-order chi connectivity index (χ1) is 8.66. The molecule has 6 nitrogen and oxygen atoms in total. The average molecular weight is 248 g/mol. The van der Waals surface area contributed by atoms with Crippen molar-refractivity contribution >= 4 is 5.97 Å². The summed E-state index contributed by atoms with van der Waals surface area (Å²) in [5.41, 5.74) is 0.701. The summed E-state index contributed by atoms with van der Waals surface area (Å²) in [4.78, 5) is 15.3. The Kier molecular flexibility index (Phi) is 2.45. The van der Waals surface area contributed by atoms with Gasteiger partial charge in [0.1, 0.15) is 0 Å². The van der Waals surface area contributed by atoms with E-state index in [1.807, 2.05) is 0 Å². The quantitative estimate of drug-likeness (QED) is 0.832. The van der Waals surface area contributed by atoms with Crippen molar-refractivity contribution in [2.75, 3.05) is 0 Å². The summed E-state index contributed by atoms with van der Waals surface area (Å²) >= 11 is 0. The molecule has 2 aromatic heterocycles. The molecule has 2 N–H and O–H groups in total. The van der Waals surface area contributed by atoms with Crippen LogP contribution in [0, 0.1) is 0 Å². The molecule has 1 unspecified atom stereocenters. The van der Waals surface area contributed by atoms with E-state index in [1.54, 1.807) is 16.7 Å². The molecule has 0 radical (unpaired) electrons. The standard InChI is InChI=1S/C12H12N2O4/c15-7-3-4-8-10(12(16)17)13-11(14(8)6-7)9-2-1-5-18-9/h1-2,5,7,15H,3-4,6H2,(H,16,17). The van der Waals surface area contributed by atoms with Crippen molar-refractivity contribution in [3.63, 3.8) is 0 Å². The van der Waals surface area contributed by atoms with Gasteiger partial charge < -0.3 is 19.2 Å². The van der Waals surface area contributed by atoms with Gasteiger partial charge in [-0.2, -0.15) is 0 Å². The minimum Gasteiger partial charge on any atom is -0.476 e. The minimum atomic E-state index is -1.05. The molecule has 0 aliphatic carbocycles. The molecule has 18 heavy (non-hydrogen) atoms. The molecule has 0 saturated carbocycles. The normalized spacial score (nSPS) is 18.6. The molecule has 1 aliphatic heterocycles. The van der Waals surface area contributed by atoms with E-state index in [0.29, 0.717) is 36.7 Å². The van der Waals surface area contributed by atoms with Gasteiger partial charge in [-0.25, -0.2) is 9.78 Å². The van der Waals surface area contributed by atoms with E-state index in [1.165, 1.54) is 6.26 Å². The zero-order valence-electron chi connectivity index (χ0n) is 9.54. The lowest BCUT2D eigenvalue weighted by atomic mass is 10.1. The summed E-state index contributed by atoms with van der Waals surface area (Å²) in [6, 6.07) is 3.44. The number of nitrogens with zero attached hydrogens (tertiary/aromatic N) is 2. The van der Waals surface area contributed by atoms with Crippen LogP contribution in [-0.4, -0.2) is 31.8 Å². The maximum Gasteiger partial charge on any atom is 0.356 e. The van der Waals surface area contributed by atoms with Gasteiger partial charge in [0.25, 0.3) is 0 Å². The Balaban J connectivity index is 2.18. The summed E-state index contributed by atoms with van der Waals surface area (Å²) in [5, 5.41) is 18.8. The highest BCUT2D eigenvalue weighted by Gasteiger charge is 2.28. The molecule has 3 heterocycles. The fourth-order valence-corrected chi connectivity index (χ4v) is 2.31. The summed E-state index contributed by atoms with van der Waals surface area (Å²) in [5.74, 6) is -0.0723. The number of hydrogen-bond donors (Lipinski definition) is 2. The van der Waals surface area contributed by atoms with Crippen LogP contribution < -0.4 is 0 Å². The number of rotatable bonds is 2. The lowest BCUT2D eigenvalue weighted by Gasteiger charge is -2.21. The lowest BCUT2D eigenvalue weighted by Crippen LogP contribution is -2.25. The molecule has 0 amide bonds. The van der Waals surface area contributed by atoms with Crippen LogP contribution in [0.2, 0.25) is 0 Å². The zero-order valence-corrected chi connectivity index (χ0v) is 9.54. The molecular weight excluding hydrogens is 236 g/mol. The van der Waals surface area contributed by atoms with Crippen molar-refractivity contribution in [3.8, 4) is 11.6 Å². The zero-order chi connectivity index (χ0) is 12.7. The second kappa shape index (κ2) is 3.99. The number of aromatic carboxylic acids is 1. The van der Waals surface area contributed by atoms with Crippen molar-refractivity contribution < 1.29 is 19.4 Å². The summed E-state index contributed by atoms with van der Waals surface area (Å²) < 4.78 is 6.99. The minimum absolute atomic E-state index is 0.0494. The number of carboxylic acids is 1. The highest BCUT2D eigenvalue weighted by atomic mass is 16.4. The Bertz CT molecular complexity index is 585. The molecule has 3 rings (SSSR count). The third-order valence-electron chi connectivity index (χ3n) is 3.12. The number of carboxylic acid groups (broad SMARTS) is 1. The van der Waals surface area contributed by atoms with Crippen LogP contribution in [0.25, 0.3) is 11.6 Å². The first-order valence-corrected chi connectivity index (χ1v) is 5.71. The van der Waals surface area contributed by atoms with Gasteiger partial charge >= 0.3 is 5.97 Å². The van der Waals surface area contributed by atoms with Gasteiger partial charge in [0, 0.05) is 0 Å². The molecule has 94 valence electrons. The largest absolute Gasteiger partial charge is 0.476 e. The number of carbonyl (C=O) groups is 1. The Morgan fingerprint density at radius 1 is 1.56 bits per heavy atom. The van der Waals surface area contributed by atoms with E-state index in [-0.39, 0.29) is 5.69 Å². The first kappa shape index (κ1) is 11.0. The van der Waals surface area contributed by atoms with E-state index in [4.69, 9.17) is 9.52 Å². The van der Waals surface area contributed by atoms with Crippen molar-refractivity contribution in [2.24, 2.45) is 0 Å². The topological polar surface area (TPSA) is 88.5 Å². The van der Waals surface area contributed by atoms with Crippen LogP contribution in [0.3, 0.4) is 0 Å². The molecule has 6 heteroatoms. The number of aliphatic hydroxyl groups excluding tert-OH is 1. The maximum absolute atomic E-state index is 11.2. The number of fused-ring (bicyclic) bond motifs is 1. The molecule has 0 spiro atoms. The van der Waals surface area contributed by atoms with Gasteiger partial charge in [0.2, 0.25) is 0 Å². The van der Waals surface area contributed by atoms with E-state index in [9.17, 15) is 9.90 Å². The van der Waals surface area contributed by atoms with Gasteiger partial charge in [0.05, 0.1) is 24.6 Å². The highest BCUT2D eigenvalue weighted by molar-refractivity contribution is 5.87. The number of imidazole rings is 1. The van der Waals surface area contributed by atoms with Crippen LogP contribution in [-0.2, 0) is 13.0 Å². The molecule has 1 aliphatic rings. The van der Waals surface area contributed by atoms with Gasteiger partial charge in [0.15, 0.2) is 17.3 Å². The molecule has 2 aromatic rings. The number of hydrogen-bond acceptors (Lipinski definition) is 4. The third kappa shape index (κ3) is 1.62. The molecule has 0 bridgehead atoms. The van der Waals surface area contributed by atoms with Gasteiger partial charge in [-0.05, 0) is 25.0 Å². The lowest BCUT2D eigenvalue weighted by molar-refractivity contribution is 0.0686. The Morgan fingerprint density at radius 3 is 3.06 bits per heavy atom. The van der Waals surface area contributed by atoms with Crippen LogP contribution >= 0.6 is 0 Å². The van der Waals surface area contributed by atoms with E-state index in [2.05, 4.69) is 4.98 Å². The van der Waals surface area contributed by atoms with E-state index >= 15 is 0 Å². The van der Waals surface area contributed by atoms with Gasteiger partial charge in [-0.1, -0.05) is 0 Å². The summed E-state index contributed by atoms with van der Waals surface area (Å²) in [6.45, 7) is 0.353. The fourth-order valence-electron chi connectivity index (χ4n) is 2.31. The predicted molar refractivity (Wildman–Crippen MR) is 61.2 cm³/mol. The second-order valence-electron chi connectivity index (χ2n) is 4.32. The van der Waals surface area contributed by atoms with Gasteiger partial charge in [-0.3, -0.25) is 0 Å². The fraction of sp³-hybridized carbons (Fsp3) is 0.333. The van der Waals surface area contributed by atoms with Crippen molar-refractivity contribution in [1.29, 1.82) is 0 Å². The Labute approximate surface area is 102 Å². The third-order valence-corrected chi connectivity index (χ3v) is 3.12. The van der Waals surface area contributed by atoms with Gasteiger partial charge in [-0.15, -0.1) is 0 Å². The number of furan rings is 1. The van der Waals surface area contributed by atoms with Crippen molar-refractivity contribution in [1.82, 2.24) is 9.55 Å². The monoisotopic (exact) mass is 248 g/mol. The SMILES string of the molecule is O=C(O)c1nc(-c2ccco2)n2c1CCC(O)C2. The number of aliphatic hydroxyl groups is 1. The van der Waals surface area contributed by atoms with Crippen LogP contribution in [0.1, 0.15) is 22.6 Å². The molecule has 0 aromatic carbocycles. The van der Waals surface area contributed by atoms with E-state index in [0.717, 1.165) is 0 Å². The average Bonchev–Trinajstić information content (AvgIpc) is 2.93. The molecule has 1 atom stereocenters. The van der Waals surface area contributed by atoms with E-state index < -0.39 is 12.1 Å². The van der Waals surface area contributed by atoms with Crippen molar-refractivity contribution in [2.45, 2.75) is 25.5 Å². The Morgan fingerprint density at radius 2 is 2.39 bits per heavy atom. The smallest absolute Gasteiger partial charge is 0.356 e. The second-order valence-corrected chi connectivity index (χ2v) is 4.32. The number of aromatic nitrogens is 2. The van der Waals surface area contributed by atoms with Crippen LogP contribution in [0.15, 0.2) is 22.8 Å². The van der Waals surface area contributed by atoms with Crippen LogP contribution in [0.5, 0.6) is 0 Å². The van der Waals surface area contributed by atoms with Crippen LogP contribution in [0.4, 0.5) is 0 Å². The first-order valence-electron chi connectivity index (χ1n) is 5.71. The van der Waals surface area contributed by atoms with Crippen molar-refractivity contribution in [3.05, 3.63) is 29.8 Å². The predicted octanol–water partition coefficient (Wildman–Crippen LogP) is 1.15. The maximum atomic E-state index is 11.2. The molecule has 0 fully saturated rings. The molecule has 0 saturated heterocycles.